The Labute approximate surface area is 129 Å². The van der Waals surface area contributed by atoms with E-state index in [2.05, 4.69) is 26.6 Å². The Bertz CT molecular complexity index is 621. The molecule has 0 amide bonds. The highest BCUT2D eigenvalue weighted by Crippen LogP contribution is 2.23. The minimum atomic E-state index is -0.388. The van der Waals surface area contributed by atoms with E-state index >= 15 is 0 Å². The van der Waals surface area contributed by atoms with Crippen LogP contribution in [0.25, 0.3) is 0 Å². The molecule has 0 unspecified atom stereocenters. The zero-order valence-corrected chi connectivity index (χ0v) is 12.7. The van der Waals surface area contributed by atoms with E-state index in [9.17, 15) is 4.39 Å². The highest BCUT2D eigenvalue weighted by Gasteiger charge is 2.04. The van der Waals surface area contributed by atoms with Crippen molar-refractivity contribution < 1.29 is 4.39 Å². The highest BCUT2D eigenvalue weighted by atomic mass is 79.9. The fourth-order valence-corrected chi connectivity index (χ4v) is 2.28. The van der Waals surface area contributed by atoms with Crippen molar-refractivity contribution in [1.29, 1.82) is 0 Å². The molecule has 0 bridgehead atoms. The van der Waals surface area contributed by atoms with Crippen molar-refractivity contribution in [3.8, 4) is 0 Å². The molecular weight excluding hydrogens is 351 g/mol. The summed E-state index contributed by atoms with van der Waals surface area (Å²) in [4.78, 5) is 0. The maximum absolute atomic E-state index is 12.9. The summed E-state index contributed by atoms with van der Waals surface area (Å²) in [7, 11) is 0. The van der Waals surface area contributed by atoms with Gasteiger partial charge in [-0.2, -0.15) is 0 Å². The lowest BCUT2D eigenvalue weighted by Gasteiger charge is -2.12. The summed E-state index contributed by atoms with van der Waals surface area (Å²) in [6, 6.07) is 11.7. The third-order valence-electron chi connectivity index (χ3n) is 2.26. The van der Waals surface area contributed by atoms with Crippen molar-refractivity contribution in [3.05, 3.63) is 57.8 Å². The molecule has 6 heteroatoms. The molecular formula is C13H9BrClFN2S. The van der Waals surface area contributed by atoms with Crippen molar-refractivity contribution >= 4 is 56.2 Å². The van der Waals surface area contributed by atoms with Crippen molar-refractivity contribution in [3.63, 3.8) is 0 Å². The lowest BCUT2D eigenvalue weighted by Crippen LogP contribution is -2.19. The molecule has 0 aliphatic rings. The van der Waals surface area contributed by atoms with E-state index < -0.39 is 0 Å². The fourth-order valence-electron chi connectivity index (χ4n) is 1.44. The Morgan fingerprint density at radius 1 is 1.16 bits per heavy atom. The van der Waals surface area contributed by atoms with Gasteiger partial charge in [0.1, 0.15) is 5.82 Å². The van der Waals surface area contributed by atoms with Gasteiger partial charge in [0.2, 0.25) is 0 Å². The van der Waals surface area contributed by atoms with Gasteiger partial charge in [-0.05, 0) is 48.6 Å². The maximum Gasteiger partial charge on any atom is 0.175 e. The first-order chi connectivity index (χ1) is 9.04. The molecule has 2 aromatic rings. The molecule has 0 heterocycles. The summed E-state index contributed by atoms with van der Waals surface area (Å²) in [5, 5.41) is 6.58. The van der Waals surface area contributed by atoms with Crippen LogP contribution in [0.1, 0.15) is 0 Å². The molecule has 0 saturated carbocycles. The number of rotatable bonds is 2. The zero-order valence-electron chi connectivity index (χ0n) is 9.58. The molecule has 0 spiro atoms. The van der Waals surface area contributed by atoms with Crippen molar-refractivity contribution in [2.45, 2.75) is 0 Å². The van der Waals surface area contributed by atoms with Gasteiger partial charge < -0.3 is 10.6 Å². The van der Waals surface area contributed by atoms with Crippen LogP contribution in [0, 0.1) is 5.82 Å². The van der Waals surface area contributed by atoms with E-state index in [1.165, 1.54) is 18.2 Å². The Morgan fingerprint density at radius 3 is 2.63 bits per heavy atom. The third-order valence-corrected chi connectivity index (χ3v) is 3.27. The summed E-state index contributed by atoms with van der Waals surface area (Å²) in [6.45, 7) is 0. The number of hydrogen-bond donors (Lipinski definition) is 2. The van der Waals surface area contributed by atoms with Crippen LogP contribution in [0.5, 0.6) is 0 Å². The van der Waals surface area contributed by atoms with Crippen LogP contribution in [0.4, 0.5) is 15.8 Å². The third kappa shape index (κ3) is 4.16. The Morgan fingerprint density at radius 2 is 1.95 bits per heavy atom. The van der Waals surface area contributed by atoms with Crippen LogP contribution >= 0.6 is 39.7 Å². The molecule has 2 N–H and O–H groups in total. The van der Waals surface area contributed by atoms with Gasteiger partial charge in [-0.25, -0.2) is 4.39 Å². The second-order valence-corrected chi connectivity index (χ2v) is 5.44. The average molecular weight is 360 g/mol. The monoisotopic (exact) mass is 358 g/mol. The van der Waals surface area contributed by atoms with Crippen LogP contribution in [-0.4, -0.2) is 5.11 Å². The van der Waals surface area contributed by atoms with Gasteiger partial charge in [0.15, 0.2) is 5.11 Å². The lowest BCUT2D eigenvalue weighted by atomic mass is 10.3. The molecule has 0 fully saturated rings. The van der Waals surface area contributed by atoms with Crippen molar-refractivity contribution in [2.75, 3.05) is 10.6 Å². The normalized spacial score (nSPS) is 10.1. The van der Waals surface area contributed by atoms with E-state index in [0.717, 1.165) is 10.2 Å². The second-order valence-electron chi connectivity index (χ2n) is 3.71. The Kier molecular flexibility index (Phi) is 4.74. The molecule has 0 aromatic heterocycles. The van der Waals surface area contributed by atoms with Crippen LogP contribution in [0.2, 0.25) is 5.02 Å². The van der Waals surface area contributed by atoms with Gasteiger partial charge in [0.25, 0.3) is 0 Å². The summed E-state index contributed by atoms with van der Waals surface area (Å²) >= 11 is 14.4. The molecule has 0 radical (unpaired) electrons. The van der Waals surface area contributed by atoms with Crippen LogP contribution in [-0.2, 0) is 0 Å². The SMILES string of the molecule is Fc1ccc(NC(=S)Nc2cccc(Br)c2)c(Cl)c1. The quantitative estimate of drug-likeness (QED) is 0.734. The molecule has 19 heavy (non-hydrogen) atoms. The van der Waals surface area contributed by atoms with Gasteiger partial charge in [0, 0.05) is 10.2 Å². The van der Waals surface area contributed by atoms with E-state index in [1.54, 1.807) is 0 Å². The summed E-state index contributed by atoms with van der Waals surface area (Å²) in [5.41, 5.74) is 1.39. The average Bonchev–Trinajstić information content (AvgIpc) is 2.33. The van der Waals surface area contributed by atoms with Gasteiger partial charge >= 0.3 is 0 Å². The minimum Gasteiger partial charge on any atom is -0.332 e. The minimum absolute atomic E-state index is 0.276. The molecule has 2 rings (SSSR count). The predicted octanol–water partition coefficient (Wildman–Crippen LogP) is 5.05. The first-order valence-corrected chi connectivity index (χ1v) is 6.91. The highest BCUT2D eigenvalue weighted by molar-refractivity contribution is 9.10. The number of benzene rings is 2. The smallest absolute Gasteiger partial charge is 0.175 e. The lowest BCUT2D eigenvalue weighted by molar-refractivity contribution is 0.628. The number of hydrogen-bond acceptors (Lipinski definition) is 1. The molecule has 2 aromatic carbocycles. The number of halogens is 3. The number of anilines is 2. The van der Waals surface area contributed by atoms with Gasteiger partial charge in [-0.15, -0.1) is 0 Å². The van der Waals surface area contributed by atoms with Crippen molar-refractivity contribution in [1.82, 2.24) is 0 Å². The largest absolute Gasteiger partial charge is 0.332 e. The molecule has 0 aliphatic heterocycles. The topological polar surface area (TPSA) is 24.1 Å². The van der Waals surface area contributed by atoms with Crippen LogP contribution in [0.15, 0.2) is 46.9 Å². The first kappa shape index (κ1) is 14.2. The summed E-state index contributed by atoms with van der Waals surface area (Å²) in [6.07, 6.45) is 0. The van der Waals surface area contributed by atoms with Crippen molar-refractivity contribution in [2.24, 2.45) is 0 Å². The van der Waals surface area contributed by atoms with Gasteiger partial charge in [0.05, 0.1) is 10.7 Å². The zero-order chi connectivity index (χ0) is 13.8. The van der Waals surface area contributed by atoms with E-state index in [1.807, 2.05) is 24.3 Å². The van der Waals surface area contributed by atoms with Crippen LogP contribution in [0.3, 0.4) is 0 Å². The Hall–Kier alpha value is -1.17. The maximum atomic E-state index is 12.9. The fraction of sp³-hybridized carbons (Fsp3) is 0. The molecule has 0 saturated heterocycles. The number of nitrogens with one attached hydrogen (secondary N) is 2. The summed E-state index contributed by atoms with van der Waals surface area (Å²) in [5.74, 6) is -0.388. The van der Waals surface area contributed by atoms with E-state index in [4.69, 9.17) is 23.8 Å². The van der Waals surface area contributed by atoms with Crippen LogP contribution < -0.4 is 10.6 Å². The van der Waals surface area contributed by atoms with Gasteiger partial charge in [-0.1, -0.05) is 33.6 Å². The second kappa shape index (κ2) is 6.32. The molecule has 2 nitrogen and oxygen atoms in total. The molecule has 0 atom stereocenters. The molecule has 0 aliphatic carbocycles. The van der Waals surface area contributed by atoms with Gasteiger partial charge in [-0.3, -0.25) is 0 Å². The molecule has 98 valence electrons. The Balaban J connectivity index is 2.05. The summed E-state index contributed by atoms with van der Waals surface area (Å²) < 4.78 is 13.9. The predicted molar refractivity (Wildman–Crippen MR) is 85.4 cm³/mol. The van der Waals surface area contributed by atoms with E-state index in [0.29, 0.717) is 10.8 Å². The first-order valence-electron chi connectivity index (χ1n) is 5.33. The van der Waals surface area contributed by atoms with E-state index in [-0.39, 0.29) is 10.8 Å². The standard InChI is InChI=1S/C13H9BrClFN2S/c14-8-2-1-3-10(6-8)17-13(19)18-12-5-4-9(16)7-11(12)15/h1-7H,(H2,17,18,19). The number of thiocarbonyl (C=S) groups is 1.